The Kier molecular flexibility index (Phi) is 3.69. The first kappa shape index (κ1) is 13.1. The lowest BCUT2D eigenvalue weighted by atomic mass is 10.1. The molecule has 0 saturated carbocycles. The number of nitrogens with zero attached hydrogens (tertiary/aromatic N) is 3. The van der Waals surface area contributed by atoms with Crippen molar-refractivity contribution in [2.24, 2.45) is 0 Å². The highest BCUT2D eigenvalue weighted by Gasteiger charge is 2.08. The average Bonchev–Trinajstić information content (AvgIpc) is 3.07. The van der Waals surface area contributed by atoms with Crippen LogP contribution in [-0.2, 0) is 6.54 Å². The number of thiophene rings is 1. The van der Waals surface area contributed by atoms with E-state index in [4.69, 9.17) is 0 Å². The third-order valence-electron chi connectivity index (χ3n) is 3.29. The highest BCUT2D eigenvalue weighted by Crippen LogP contribution is 2.24. The minimum Gasteiger partial charge on any atom is -0.376 e. The number of pyridine rings is 1. The van der Waals surface area contributed by atoms with Crippen LogP contribution in [0.3, 0.4) is 0 Å². The summed E-state index contributed by atoms with van der Waals surface area (Å²) in [6.07, 6.45) is 6.97. The van der Waals surface area contributed by atoms with Crippen molar-refractivity contribution in [2.45, 2.75) is 32.9 Å². The summed E-state index contributed by atoms with van der Waals surface area (Å²) in [4.78, 5) is 4.49. The molecule has 0 bridgehead atoms. The van der Waals surface area contributed by atoms with E-state index in [1.54, 1.807) is 11.3 Å². The molecule has 4 nitrogen and oxygen atoms in total. The van der Waals surface area contributed by atoms with Gasteiger partial charge in [0.05, 0.1) is 28.1 Å². The molecule has 20 heavy (non-hydrogen) atoms. The molecule has 3 aromatic rings. The van der Waals surface area contributed by atoms with Gasteiger partial charge in [0.1, 0.15) is 0 Å². The summed E-state index contributed by atoms with van der Waals surface area (Å²) >= 11 is 1.73. The molecular weight excluding hydrogens is 268 g/mol. The fourth-order valence-corrected chi connectivity index (χ4v) is 3.01. The fourth-order valence-electron chi connectivity index (χ4n) is 2.22. The van der Waals surface area contributed by atoms with Crippen molar-refractivity contribution in [3.63, 3.8) is 0 Å². The van der Waals surface area contributed by atoms with Crippen LogP contribution < -0.4 is 5.32 Å². The van der Waals surface area contributed by atoms with Crippen LogP contribution in [0.4, 0.5) is 5.69 Å². The maximum atomic E-state index is 4.49. The van der Waals surface area contributed by atoms with Crippen molar-refractivity contribution in [1.29, 1.82) is 0 Å². The third kappa shape index (κ3) is 2.67. The second-order valence-corrected chi connectivity index (χ2v) is 5.88. The van der Waals surface area contributed by atoms with Crippen LogP contribution in [0, 0.1) is 0 Å². The molecule has 0 aliphatic rings. The predicted molar refractivity (Wildman–Crippen MR) is 84.2 cm³/mol. The summed E-state index contributed by atoms with van der Waals surface area (Å²) in [5.41, 5.74) is 3.32. The number of fused-ring (bicyclic) bond motifs is 1. The molecule has 3 rings (SSSR count). The number of anilines is 1. The summed E-state index contributed by atoms with van der Waals surface area (Å²) in [7, 11) is 0. The van der Waals surface area contributed by atoms with Gasteiger partial charge in [0, 0.05) is 18.9 Å². The van der Waals surface area contributed by atoms with Gasteiger partial charge in [-0.05, 0) is 36.4 Å². The van der Waals surface area contributed by atoms with Gasteiger partial charge >= 0.3 is 0 Å². The third-order valence-corrected chi connectivity index (χ3v) is 4.15. The Labute approximate surface area is 122 Å². The number of rotatable bonds is 5. The number of aryl methyl sites for hydroxylation is 1. The summed E-state index contributed by atoms with van der Waals surface area (Å²) in [6, 6.07) is 4.48. The first-order valence-electron chi connectivity index (χ1n) is 6.88. The summed E-state index contributed by atoms with van der Waals surface area (Å²) < 4.78 is 3.20. The number of hydrogen-bond donors (Lipinski definition) is 1. The molecule has 3 aromatic heterocycles. The normalized spacial score (nSPS) is 12.7. The van der Waals surface area contributed by atoms with Crippen molar-refractivity contribution < 1.29 is 0 Å². The van der Waals surface area contributed by atoms with Gasteiger partial charge in [-0.3, -0.25) is 9.67 Å². The lowest BCUT2D eigenvalue weighted by Gasteiger charge is -2.13. The molecule has 104 valence electrons. The number of aromatic nitrogens is 3. The Morgan fingerprint density at radius 1 is 1.40 bits per heavy atom. The van der Waals surface area contributed by atoms with Crippen molar-refractivity contribution in [3.05, 3.63) is 41.7 Å². The van der Waals surface area contributed by atoms with Crippen LogP contribution in [0.5, 0.6) is 0 Å². The zero-order valence-corrected chi connectivity index (χ0v) is 12.5. The van der Waals surface area contributed by atoms with Gasteiger partial charge in [-0.2, -0.15) is 5.10 Å². The molecule has 1 atom stereocenters. The zero-order valence-electron chi connectivity index (χ0n) is 11.7. The molecule has 0 fully saturated rings. The van der Waals surface area contributed by atoms with Crippen LogP contribution in [-0.4, -0.2) is 14.8 Å². The zero-order chi connectivity index (χ0) is 13.9. The summed E-state index contributed by atoms with van der Waals surface area (Å²) in [6.45, 7) is 5.26. The lowest BCUT2D eigenvalue weighted by molar-refractivity contribution is 0.603. The standard InChI is InChI=1S/C15H18N4S/c1-3-5-19-10-13(9-17-19)18-11(2)12-7-15-14(16-8-12)4-6-20-15/h4,6-11,18H,3,5H2,1-2H3. The minimum atomic E-state index is 0.216. The van der Waals surface area contributed by atoms with Gasteiger partial charge in [0.25, 0.3) is 0 Å². The summed E-state index contributed by atoms with van der Waals surface area (Å²) in [5.74, 6) is 0. The molecule has 5 heteroatoms. The van der Waals surface area contributed by atoms with E-state index >= 15 is 0 Å². The summed E-state index contributed by atoms with van der Waals surface area (Å²) in [5, 5.41) is 9.89. The van der Waals surface area contributed by atoms with Crippen LogP contribution in [0.1, 0.15) is 31.9 Å². The van der Waals surface area contributed by atoms with Gasteiger partial charge in [0.2, 0.25) is 0 Å². The smallest absolute Gasteiger partial charge is 0.0809 e. The van der Waals surface area contributed by atoms with E-state index in [1.165, 1.54) is 10.3 Å². The maximum absolute atomic E-state index is 4.49. The molecular formula is C15H18N4S. The van der Waals surface area contributed by atoms with E-state index in [9.17, 15) is 0 Å². The van der Waals surface area contributed by atoms with Gasteiger partial charge < -0.3 is 5.32 Å². The van der Waals surface area contributed by atoms with Crippen LogP contribution in [0.25, 0.3) is 10.2 Å². The van der Waals surface area contributed by atoms with Gasteiger partial charge in [0.15, 0.2) is 0 Å². The Morgan fingerprint density at radius 2 is 2.30 bits per heavy atom. The Balaban J connectivity index is 1.75. The first-order chi connectivity index (χ1) is 9.76. The van der Waals surface area contributed by atoms with E-state index in [0.29, 0.717) is 0 Å². The Bertz CT molecular complexity index is 701. The average molecular weight is 286 g/mol. The second kappa shape index (κ2) is 5.63. The fraction of sp³-hybridized carbons (Fsp3) is 0.333. The van der Waals surface area contributed by atoms with Crippen molar-refractivity contribution in [1.82, 2.24) is 14.8 Å². The van der Waals surface area contributed by atoms with E-state index in [1.807, 2.05) is 17.1 Å². The first-order valence-corrected chi connectivity index (χ1v) is 7.76. The molecule has 1 unspecified atom stereocenters. The van der Waals surface area contributed by atoms with Crippen LogP contribution in [0.2, 0.25) is 0 Å². The number of hydrogen-bond acceptors (Lipinski definition) is 4. The number of nitrogens with one attached hydrogen (secondary N) is 1. The molecule has 0 aromatic carbocycles. The van der Waals surface area contributed by atoms with Crippen LogP contribution in [0.15, 0.2) is 36.1 Å². The van der Waals surface area contributed by atoms with Gasteiger partial charge in [-0.1, -0.05) is 6.92 Å². The molecule has 3 heterocycles. The highest BCUT2D eigenvalue weighted by atomic mass is 32.1. The highest BCUT2D eigenvalue weighted by molar-refractivity contribution is 7.17. The van der Waals surface area contributed by atoms with Crippen LogP contribution >= 0.6 is 11.3 Å². The maximum Gasteiger partial charge on any atom is 0.0809 e. The predicted octanol–water partition coefficient (Wildman–Crippen LogP) is 4.08. The van der Waals surface area contributed by atoms with E-state index in [0.717, 1.165) is 24.2 Å². The molecule has 0 spiro atoms. The quantitative estimate of drug-likeness (QED) is 0.768. The monoisotopic (exact) mass is 286 g/mol. The topological polar surface area (TPSA) is 42.7 Å². The van der Waals surface area contributed by atoms with E-state index < -0.39 is 0 Å². The molecule has 0 aliphatic carbocycles. The van der Waals surface area contributed by atoms with Crippen molar-refractivity contribution in [2.75, 3.05) is 5.32 Å². The van der Waals surface area contributed by atoms with Gasteiger partial charge in [-0.15, -0.1) is 11.3 Å². The molecule has 0 amide bonds. The Hall–Kier alpha value is -1.88. The molecule has 0 radical (unpaired) electrons. The SMILES string of the molecule is CCCn1cc(NC(C)c2cnc3ccsc3c2)cn1. The molecule has 0 saturated heterocycles. The van der Waals surface area contributed by atoms with Crippen molar-refractivity contribution >= 4 is 27.2 Å². The van der Waals surface area contributed by atoms with Crippen molar-refractivity contribution in [3.8, 4) is 0 Å². The minimum absolute atomic E-state index is 0.216. The Morgan fingerprint density at radius 3 is 3.15 bits per heavy atom. The van der Waals surface area contributed by atoms with E-state index in [-0.39, 0.29) is 6.04 Å². The largest absolute Gasteiger partial charge is 0.376 e. The lowest BCUT2D eigenvalue weighted by Crippen LogP contribution is -2.06. The molecule has 0 aliphatic heterocycles. The second-order valence-electron chi connectivity index (χ2n) is 4.93. The molecule has 1 N–H and O–H groups in total. The van der Waals surface area contributed by atoms with Gasteiger partial charge in [-0.25, -0.2) is 0 Å². The van der Waals surface area contributed by atoms with E-state index in [2.05, 4.69) is 53.0 Å².